The molecule has 3 aromatic rings. The number of nitrogens with one attached hydrogen (secondary N) is 2. The Morgan fingerprint density at radius 1 is 1.19 bits per heavy atom. The molecule has 27 heavy (non-hydrogen) atoms. The lowest BCUT2D eigenvalue weighted by atomic mass is 10.1. The Morgan fingerprint density at radius 2 is 1.96 bits per heavy atom. The first-order chi connectivity index (χ1) is 13.1. The van der Waals surface area contributed by atoms with Crippen LogP contribution in [0.4, 0.5) is 10.1 Å². The van der Waals surface area contributed by atoms with Gasteiger partial charge in [-0.1, -0.05) is 30.3 Å². The first-order valence-electron chi connectivity index (χ1n) is 9.01. The van der Waals surface area contributed by atoms with Gasteiger partial charge in [0.05, 0.1) is 11.6 Å². The normalized spacial score (nSPS) is 16.9. The molecule has 1 saturated heterocycles. The molecule has 1 aliphatic heterocycles. The Kier molecular flexibility index (Phi) is 4.62. The third kappa shape index (κ3) is 3.43. The van der Waals surface area contributed by atoms with Crippen LogP contribution >= 0.6 is 0 Å². The fraction of sp³-hybridized carbons (Fsp3) is 0.238. The second-order valence-corrected chi connectivity index (χ2v) is 6.76. The average Bonchev–Trinajstić information content (AvgIpc) is 3.26. The van der Waals surface area contributed by atoms with E-state index in [1.807, 2.05) is 30.5 Å². The van der Waals surface area contributed by atoms with Crippen LogP contribution in [0.2, 0.25) is 0 Å². The number of hydrogen-bond acceptors (Lipinski definition) is 2. The van der Waals surface area contributed by atoms with Crippen LogP contribution < -0.4 is 10.2 Å². The topological polar surface area (TPSA) is 65.2 Å². The monoisotopic (exact) mass is 365 g/mol. The van der Waals surface area contributed by atoms with E-state index in [1.165, 1.54) is 11.0 Å². The molecule has 0 unspecified atom stereocenters. The lowest BCUT2D eigenvalue weighted by Crippen LogP contribution is -2.34. The Bertz CT molecular complexity index is 998. The number of para-hydroxylation sites is 2. The lowest BCUT2D eigenvalue weighted by Gasteiger charge is -2.17. The number of anilines is 1. The summed E-state index contributed by atoms with van der Waals surface area (Å²) in [4.78, 5) is 29.3. The van der Waals surface area contributed by atoms with E-state index < -0.39 is 11.7 Å². The largest absolute Gasteiger partial charge is 0.361 e. The molecule has 2 amide bonds. The molecule has 5 nitrogen and oxygen atoms in total. The molecule has 1 fully saturated rings. The van der Waals surface area contributed by atoms with Gasteiger partial charge in [-0.2, -0.15) is 0 Å². The highest BCUT2D eigenvalue weighted by Crippen LogP contribution is 2.27. The number of halogens is 1. The van der Waals surface area contributed by atoms with Gasteiger partial charge in [-0.15, -0.1) is 0 Å². The molecule has 0 saturated carbocycles. The van der Waals surface area contributed by atoms with Gasteiger partial charge in [-0.3, -0.25) is 9.59 Å². The molecule has 4 rings (SSSR count). The molecule has 2 N–H and O–H groups in total. The molecule has 0 aliphatic carbocycles. The van der Waals surface area contributed by atoms with Gasteiger partial charge in [0.25, 0.3) is 0 Å². The number of rotatable bonds is 5. The summed E-state index contributed by atoms with van der Waals surface area (Å²) < 4.78 is 13.9. The first-order valence-corrected chi connectivity index (χ1v) is 9.01. The van der Waals surface area contributed by atoms with E-state index in [4.69, 9.17) is 0 Å². The van der Waals surface area contributed by atoms with E-state index in [1.54, 1.807) is 18.2 Å². The highest BCUT2D eigenvalue weighted by molar-refractivity contribution is 6.00. The summed E-state index contributed by atoms with van der Waals surface area (Å²) >= 11 is 0. The maximum Gasteiger partial charge on any atom is 0.227 e. The number of nitrogens with zero attached hydrogens (tertiary/aromatic N) is 1. The molecule has 6 heteroatoms. The number of aromatic nitrogens is 1. The third-order valence-electron chi connectivity index (χ3n) is 5.01. The van der Waals surface area contributed by atoms with Crippen molar-refractivity contribution in [1.29, 1.82) is 0 Å². The summed E-state index contributed by atoms with van der Waals surface area (Å²) in [7, 11) is 0. The molecular weight excluding hydrogens is 345 g/mol. The van der Waals surface area contributed by atoms with Crippen molar-refractivity contribution in [3.8, 4) is 0 Å². The molecule has 2 heterocycles. The Labute approximate surface area is 156 Å². The van der Waals surface area contributed by atoms with Crippen molar-refractivity contribution >= 4 is 28.4 Å². The van der Waals surface area contributed by atoms with Gasteiger partial charge in [-0.25, -0.2) is 4.39 Å². The van der Waals surface area contributed by atoms with Gasteiger partial charge in [0, 0.05) is 36.6 Å². The molecule has 1 atom stereocenters. The van der Waals surface area contributed by atoms with Crippen LogP contribution in [0.1, 0.15) is 12.0 Å². The Morgan fingerprint density at radius 3 is 2.81 bits per heavy atom. The van der Waals surface area contributed by atoms with Crippen molar-refractivity contribution in [3.63, 3.8) is 0 Å². The van der Waals surface area contributed by atoms with Gasteiger partial charge in [-0.05, 0) is 30.2 Å². The third-order valence-corrected chi connectivity index (χ3v) is 5.01. The van der Waals surface area contributed by atoms with Gasteiger partial charge in [0.2, 0.25) is 11.8 Å². The van der Waals surface area contributed by atoms with E-state index in [-0.39, 0.29) is 30.5 Å². The van der Waals surface area contributed by atoms with Crippen LogP contribution in [0.25, 0.3) is 10.9 Å². The van der Waals surface area contributed by atoms with E-state index >= 15 is 0 Å². The summed E-state index contributed by atoms with van der Waals surface area (Å²) in [5.41, 5.74) is 2.44. The number of carbonyl (C=O) groups is 2. The number of fused-ring (bicyclic) bond motifs is 1. The zero-order valence-corrected chi connectivity index (χ0v) is 14.7. The standard InChI is InChI=1S/C21H20FN3O2/c22-17-6-2-4-8-19(17)25-13-15(11-20(25)26)21(27)23-10-9-14-12-24-18-7-3-1-5-16(14)18/h1-8,12,15,24H,9-11,13H2,(H,23,27)/t15-/m0/s1. The maximum atomic E-state index is 13.9. The van der Waals surface area contributed by atoms with Crippen LogP contribution in [0.15, 0.2) is 54.7 Å². The second kappa shape index (κ2) is 7.23. The van der Waals surface area contributed by atoms with Gasteiger partial charge >= 0.3 is 0 Å². The van der Waals surface area contributed by atoms with Crippen LogP contribution in [0, 0.1) is 11.7 Å². The molecule has 0 bridgehead atoms. The number of aromatic amines is 1. The molecule has 0 spiro atoms. The summed E-state index contributed by atoms with van der Waals surface area (Å²) in [5.74, 6) is -1.30. The fourth-order valence-corrected chi connectivity index (χ4v) is 3.59. The smallest absolute Gasteiger partial charge is 0.227 e. The Hall–Kier alpha value is -3.15. The number of hydrogen-bond donors (Lipinski definition) is 2. The quantitative estimate of drug-likeness (QED) is 0.730. The highest BCUT2D eigenvalue weighted by Gasteiger charge is 2.35. The summed E-state index contributed by atoms with van der Waals surface area (Å²) in [6.45, 7) is 0.698. The van der Waals surface area contributed by atoms with Crippen LogP contribution in [0.3, 0.4) is 0 Å². The van der Waals surface area contributed by atoms with Crippen LogP contribution in [-0.2, 0) is 16.0 Å². The average molecular weight is 365 g/mol. The maximum absolute atomic E-state index is 13.9. The number of carbonyl (C=O) groups excluding carboxylic acids is 2. The van der Waals surface area contributed by atoms with Gasteiger partial charge in [0.1, 0.15) is 5.82 Å². The molecule has 2 aromatic carbocycles. The minimum Gasteiger partial charge on any atom is -0.361 e. The fourth-order valence-electron chi connectivity index (χ4n) is 3.59. The highest BCUT2D eigenvalue weighted by atomic mass is 19.1. The van der Waals surface area contributed by atoms with Crippen LogP contribution in [-0.4, -0.2) is 29.9 Å². The number of amides is 2. The molecular formula is C21H20FN3O2. The lowest BCUT2D eigenvalue weighted by molar-refractivity contribution is -0.126. The summed E-state index contributed by atoms with van der Waals surface area (Å²) in [5, 5.41) is 4.06. The van der Waals surface area contributed by atoms with E-state index in [0.717, 1.165) is 16.5 Å². The predicted molar refractivity (Wildman–Crippen MR) is 102 cm³/mol. The molecule has 0 radical (unpaired) electrons. The van der Waals surface area contributed by atoms with Crippen molar-refractivity contribution in [3.05, 3.63) is 66.1 Å². The predicted octanol–water partition coefficient (Wildman–Crippen LogP) is 3.02. The number of H-pyrrole nitrogens is 1. The van der Waals surface area contributed by atoms with Crippen LogP contribution in [0.5, 0.6) is 0 Å². The zero-order valence-electron chi connectivity index (χ0n) is 14.7. The summed E-state index contributed by atoms with van der Waals surface area (Å²) in [6.07, 6.45) is 2.76. The van der Waals surface area contributed by atoms with Crippen molar-refractivity contribution < 1.29 is 14.0 Å². The minimum absolute atomic E-state index is 0.104. The first kappa shape index (κ1) is 17.3. The van der Waals surface area contributed by atoms with Crippen molar-refractivity contribution in [1.82, 2.24) is 10.3 Å². The molecule has 1 aliphatic rings. The van der Waals surface area contributed by atoms with E-state index in [0.29, 0.717) is 13.0 Å². The number of benzene rings is 2. The van der Waals surface area contributed by atoms with E-state index in [2.05, 4.69) is 10.3 Å². The van der Waals surface area contributed by atoms with Gasteiger partial charge < -0.3 is 15.2 Å². The van der Waals surface area contributed by atoms with Crippen molar-refractivity contribution in [2.75, 3.05) is 18.0 Å². The molecule has 1 aromatic heterocycles. The minimum atomic E-state index is -0.458. The summed E-state index contributed by atoms with van der Waals surface area (Å²) in [6, 6.07) is 14.2. The second-order valence-electron chi connectivity index (χ2n) is 6.76. The SMILES string of the molecule is O=C(NCCc1c[nH]c2ccccc12)[C@H]1CC(=O)N(c2ccccc2F)C1. The van der Waals surface area contributed by atoms with Crippen molar-refractivity contribution in [2.24, 2.45) is 5.92 Å². The molecule has 138 valence electrons. The zero-order chi connectivity index (χ0) is 18.8. The van der Waals surface area contributed by atoms with Crippen molar-refractivity contribution in [2.45, 2.75) is 12.8 Å². The van der Waals surface area contributed by atoms with E-state index in [9.17, 15) is 14.0 Å². The Balaban J connectivity index is 1.35. The van der Waals surface area contributed by atoms with Gasteiger partial charge in [0.15, 0.2) is 0 Å².